The SMILES string of the molecule is Cc1nn2c(/C=C3/C(=N)N4N=CSC4=NC3=O)c(-c3ccccc3)nc2s1. The molecule has 4 heterocycles. The predicted molar refractivity (Wildman–Crippen MR) is 107 cm³/mol. The van der Waals surface area contributed by atoms with E-state index < -0.39 is 5.91 Å². The fourth-order valence-corrected chi connectivity index (χ4v) is 4.23. The van der Waals surface area contributed by atoms with Crippen molar-refractivity contribution in [1.29, 1.82) is 5.41 Å². The van der Waals surface area contributed by atoms with E-state index in [1.165, 1.54) is 28.1 Å². The normalized spacial score (nSPS) is 17.9. The van der Waals surface area contributed by atoms with E-state index in [0.29, 0.717) is 16.6 Å². The summed E-state index contributed by atoms with van der Waals surface area (Å²) in [5.41, 5.74) is 3.97. The number of benzene rings is 1. The first kappa shape index (κ1) is 16.1. The number of thioether (sulfide) groups is 1. The highest BCUT2D eigenvalue weighted by atomic mass is 32.2. The van der Waals surface area contributed by atoms with Gasteiger partial charge in [-0.3, -0.25) is 10.2 Å². The first-order chi connectivity index (χ1) is 13.1. The van der Waals surface area contributed by atoms with Crippen molar-refractivity contribution in [1.82, 2.24) is 19.6 Å². The number of aliphatic imine (C=N–C) groups is 1. The molecule has 0 saturated carbocycles. The molecule has 2 aliphatic heterocycles. The van der Waals surface area contributed by atoms with Crippen LogP contribution in [0.25, 0.3) is 22.3 Å². The molecule has 0 fully saturated rings. The number of imidazole rings is 1. The van der Waals surface area contributed by atoms with Gasteiger partial charge in [-0.1, -0.05) is 41.7 Å². The lowest BCUT2D eigenvalue weighted by Gasteiger charge is -2.20. The summed E-state index contributed by atoms with van der Waals surface area (Å²) in [4.78, 5) is 22.0. The van der Waals surface area contributed by atoms with Crippen molar-refractivity contribution in [3.8, 4) is 11.3 Å². The number of hydrogen-bond donors (Lipinski definition) is 1. The van der Waals surface area contributed by atoms with Crippen molar-refractivity contribution in [3.05, 3.63) is 46.6 Å². The fourth-order valence-electron chi connectivity index (χ4n) is 2.87. The van der Waals surface area contributed by atoms with Crippen LogP contribution in [0.2, 0.25) is 0 Å². The molecule has 2 aliphatic rings. The van der Waals surface area contributed by atoms with Gasteiger partial charge in [0.2, 0.25) is 4.96 Å². The standard InChI is InChI=1S/C17H11N7OS2/c1-9-22-23-12(13(20-17(23)27-9)10-5-3-2-4-6-10)7-11-14(18)24-16(21-15(11)25)26-8-19-24/h2-8,18H,1H3/b11-7-,18-14?. The van der Waals surface area contributed by atoms with Crippen molar-refractivity contribution in [2.45, 2.75) is 6.92 Å². The molecule has 3 aromatic rings. The lowest BCUT2D eigenvalue weighted by atomic mass is 10.1. The van der Waals surface area contributed by atoms with Gasteiger partial charge in [0.1, 0.15) is 5.01 Å². The van der Waals surface area contributed by atoms with E-state index in [0.717, 1.165) is 15.5 Å². The summed E-state index contributed by atoms with van der Waals surface area (Å²) in [6.45, 7) is 1.90. The number of aryl methyl sites for hydroxylation is 1. The van der Waals surface area contributed by atoms with Crippen LogP contribution in [0.3, 0.4) is 0 Å². The maximum absolute atomic E-state index is 12.5. The van der Waals surface area contributed by atoms with Gasteiger partial charge in [-0.2, -0.15) is 20.2 Å². The summed E-state index contributed by atoms with van der Waals surface area (Å²) >= 11 is 2.69. The van der Waals surface area contributed by atoms with Crippen LogP contribution in [-0.2, 0) is 4.79 Å². The smallest absolute Gasteiger partial charge is 0.282 e. The van der Waals surface area contributed by atoms with Gasteiger partial charge >= 0.3 is 0 Å². The summed E-state index contributed by atoms with van der Waals surface area (Å²) < 4.78 is 1.71. The van der Waals surface area contributed by atoms with Crippen molar-refractivity contribution in [3.63, 3.8) is 0 Å². The van der Waals surface area contributed by atoms with Gasteiger partial charge in [0.25, 0.3) is 5.91 Å². The zero-order valence-corrected chi connectivity index (χ0v) is 15.6. The molecule has 1 N–H and O–H groups in total. The van der Waals surface area contributed by atoms with Crippen LogP contribution in [0.4, 0.5) is 0 Å². The maximum atomic E-state index is 12.5. The van der Waals surface area contributed by atoms with E-state index in [9.17, 15) is 4.79 Å². The maximum Gasteiger partial charge on any atom is 0.283 e. The third kappa shape index (κ3) is 2.53. The fraction of sp³-hybridized carbons (Fsp3) is 0.0588. The molecule has 0 bridgehead atoms. The first-order valence-corrected chi connectivity index (χ1v) is 9.66. The Labute approximate surface area is 161 Å². The van der Waals surface area contributed by atoms with E-state index in [2.05, 4.69) is 15.2 Å². The Morgan fingerprint density at radius 3 is 2.85 bits per heavy atom. The van der Waals surface area contributed by atoms with Crippen molar-refractivity contribution in [2.75, 3.05) is 0 Å². The van der Waals surface area contributed by atoms with Crippen LogP contribution in [0.5, 0.6) is 0 Å². The minimum atomic E-state index is -0.467. The Balaban J connectivity index is 1.73. The molecule has 132 valence electrons. The van der Waals surface area contributed by atoms with Crippen LogP contribution in [0, 0.1) is 12.3 Å². The monoisotopic (exact) mass is 393 g/mol. The second-order valence-corrected chi connectivity index (χ2v) is 7.76. The Kier molecular flexibility index (Phi) is 3.55. The quantitative estimate of drug-likeness (QED) is 0.675. The number of amides is 1. The zero-order chi connectivity index (χ0) is 18.5. The van der Waals surface area contributed by atoms with E-state index in [1.54, 1.807) is 16.1 Å². The minimum absolute atomic E-state index is 0.00726. The second-order valence-electron chi connectivity index (χ2n) is 5.78. The molecule has 2 aromatic heterocycles. The number of hydrogen-bond acceptors (Lipinski definition) is 7. The second kappa shape index (κ2) is 5.96. The molecule has 10 heteroatoms. The highest BCUT2D eigenvalue weighted by Crippen LogP contribution is 2.30. The van der Waals surface area contributed by atoms with Crippen molar-refractivity contribution >= 4 is 56.6 Å². The number of fused-ring (bicyclic) bond motifs is 2. The van der Waals surface area contributed by atoms with Crippen molar-refractivity contribution in [2.24, 2.45) is 10.1 Å². The Morgan fingerprint density at radius 2 is 2.04 bits per heavy atom. The molecule has 1 amide bonds. The number of carbonyl (C=O) groups is 1. The number of nitrogens with one attached hydrogen (secondary N) is 1. The van der Waals surface area contributed by atoms with Crippen molar-refractivity contribution < 1.29 is 4.79 Å². The molecule has 0 aliphatic carbocycles. The van der Waals surface area contributed by atoms with Crippen LogP contribution in [-0.4, -0.2) is 42.1 Å². The average molecular weight is 393 g/mol. The number of amidine groups is 2. The molecule has 0 unspecified atom stereocenters. The highest BCUT2D eigenvalue weighted by molar-refractivity contribution is 8.25. The summed E-state index contributed by atoms with van der Waals surface area (Å²) in [6, 6.07) is 9.69. The summed E-state index contributed by atoms with van der Waals surface area (Å²) in [6.07, 6.45) is 1.63. The topological polar surface area (TPSA) is 99.1 Å². The van der Waals surface area contributed by atoms with Gasteiger partial charge in [0, 0.05) is 5.56 Å². The number of carbonyl (C=O) groups excluding carboxylic acids is 1. The third-order valence-corrected chi connectivity index (χ3v) is 5.56. The van der Waals surface area contributed by atoms with Gasteiger partial charge in [0.05, 0.1) is 22.5 Å². The lowest BCUT2D eigenvalue weighted by Crippen LogP contribution is -2.35. The molecule has 0 radical (unpaired) electrons. The largest absolute Gasteiger partial charge is 0.283 e. The first-order valence-electron chi connectivity index (χ1n) is 7.96. The average Bonchev–Trinajstić information content (AvgIpc) is 3.34. The third-order valence-electron chi connectivity index (χ3n) is 4.06. The van der Waals surface area contributed by atoms with Crippen LogP contribution in [0.15, 0.2) is 46.0 Å². The predicted octanol–water partition coefficient (Wildman–Crippen LogP) is 3.02. The molecule has 5 rings (SSSR count). The summed E-state index contributed by atoms with van der Waals surface area (Å²) in [5.74, 6) is -0.475. The van der Waals surface area contributed by atoms with E-state index in [4.69, 9.17) is 10.4 Å². The van der Waals surface area contributed by atoms with E-state index in [1.807, 2.05) is 37.3 Å². The van der Waals surface area contributed by atoms with Gasteiger partial charge in [-0.25, -0.2) is 9.50 Å². The van der Waals surface area contributed by atoms with Crippen LogP contribution in [0.1, 0.15) is 10.7 Å². The molecule has 8 nitrogen and oxygen atoms in total. The minimum Gasteiger partial charge on any atom is -0.282 e. The van der Waals surface area contributed by atoms with E-state index >= 15 is 0 Å². The summed E-state index contributed by atoms with van der Waals surface area (Å²) in [5, 5.41) is 19.6. The molecule has 0 atom stereocenters. The Bertz CT molecular complexity index is 1200. The number of aromatic nitrogens is 3. The zero-order valence-electron chi connectivity index (χ0n) is 13.9. The van der Waals surface area contributed by atoms with E-state index in [-0.39, 0.29) is 11.4 Å². The van der Waals surface area contributed by atoms with Gasteiger partial charge in [-0.05, 0) is 24.8 Å². The number of rotatable bonds is 2. The van der Waals surface area contributed by atoms with Crippen LogP contribution < -0.4 is 0 Å². The molecule has 1 aromatic carbocycles. The molecular formula is C17H11N7OS2. The van der Waals surface area contributed by atoms with Gasteiger partial charge in [-0.15, -0.1) is 0 Å². The highest BCUT2D eigenvalue weighted by Gasteiger charge is 2.33. The van der Waals surface area contributed by atoms with Gasteiger partial charge < -0.3 is 0 Å². The van der Waals surface area contributed by atoms with Crippen LogP contribution >= 0.6 is 23.1 Å². The number of nitrogens with zero attached hydrogens (tertiary/aromatic N) is 6. The molecule has 27 heavy (non-hydrogen) atoms. The Hall–Kier alpha value is -3.11. The Morgan fingerprint density at radius 1 is 1.22 bits per heavy atom. The number of hydrazone groups is 1. The van der Waals surface area contributed by atoms with Gasteiger partial charge in [0.15, 0.2) is 11.0 Å². The molecule has 0 saturated heterocycles. The molecular weight excluding hydrogens is 382 g/mol. The summed E-state index contributed by atoms with van der Waals surface area (Å²) in [7, 11) is 0. The lowest BCUT2D eigenvalue weighted by molar-refractivity contribution is -0.114. The molecule has 0 spiro atoms.